The van der Waals surface area contributed by atoms with E-state index in [1.807, 2.05) is 0 Å². The van der Waals surface area contributed by atoms with E-state index in [2.05, 4.69) is 53.5 Å². The summed E-state index contributed by atoms with van der Waals surface area (Å²) in [6.45, 7) is 4.92. The predicted molar refractivity (Wildman–Crippen MR) is 89.9 cm³/mol. The van der Waals surface area contributed by atoms with Crippen LogP contribution in [-0.2, 0) is 6.42 Å². The number of piperidine rings is 1. The van der Waals surface area contributed by atoms with Crippen molar-refractivity contribution in [3.05, 3.63) is 29.8 Å². The van der Waals surface area contributed by atoms with Gasteiger partial charge in [-0.1, -0.05) is 18.2 Å². The molecule has 116 valence electrons. The van der Waals surface area contributed by atoms with Gasteiger partial charge in [0.2, 0.25) is 0 Å². The number of hydrogen-bond acceptors (Lipinski definition) is 3. The van der Waals surface area contributed by atoms with Crippen molar-refractivity contribution >= 4 is 5.69 Å². The highest BCUT2D eigenvalue weighted by atomic mass is 15.2. The van der Waals surface area contributed by atoms with E-state index in [-0.39, 0.29) is 0 Å². The van der Waals surface area contributed by atoms with Crippen LogP contribution in [0.5, 0.6) is 0 Å². The SMILES string of the molecule is CN(C)CC1CCN(C2CCc3ccccc3NC2)CC1. The molecule has 1 N–H and O–H groups in total. The summed E-state index contributed by atoms with van der Waals surface area (Å²) in [5, 5.41) is 3.67. The number of nitrogens with zero attached hydrogens (tertiary/aromatic N) is 2. The zero-order valence-electron chi connectivity index (χ0n) is 13.5. The number of anilines is 1. The molecule has 2 heterocycles. The Kier molecular flexibility index (Phi) is 4.81. The number of benzene rings is 1. The fourth-order valence-corrected chi connectivity index (χ4v) is 3.89. The first-order valence-electron chi connectivity index (χ1n) is 8.43. The zero-order chi connectivity index (χ0) is 14.7. The Morgan fingerprint density at radius 2 is 1.90 bits per heavy atom. The molecule has 0 aliphatic carbocycles. The highest BCUT2D eigenvalue weighted by Crippen LogP contribution is 2.26. The first-order chi connectivity index (χ1) is 10.2. The van der Waals surface area contributed by atoms with Crippen molar-refractivity contribution in [3.8, 4) is 0 Å². The van der Waals surface area contributed by atoms with Gasteiger partial charge in [0.25, 0.3) is 0 Å². The van der Waals surface area contributed by atoms with E-state index in [0.717, 1.165) is 12.5 Å². The van der Waals surface area contributed by atoms with Gasteiger partial charge in [0.15, 0.2) is 0 Å². The van der Waals surface area contributed by atoms with Crippen molar-refractivity contribution in [3.63, 3.8) is 0 Å². The number of rotatable bonds is 3. The maximum absolute atomic E-state index is 3.67. The van der Waals surface area contributed by atoms with Gasteiger partial charge in [-0.3, -0.25) is 4.90 Å². The summed E-state index contributed by atoms with van der Waals surface area (Å²) >= 11 is 0. The van der Waals surface area contributed by atoms with Gasteiger partial charge in [0.1, 0.15) is 0 Å². The van der Waals surface area contributed by atoms with E-state index in [4.69, 9.17) is 0 Å². The molecule has 1 saturated heterocycles. The third kappa shape index (κ3) is 3.78. The molecule has 0 saturated carbocycles. The Labute approximate surface area is 129 Å². The van der Waals surface area contributed by atoms with Crippen LogP contribution < -0.4 is 5.32 Å². The molecule has 0 amide bonds. The average molecular weight is 287 g/mol. The standard InChI is InChI=1S/C18H29N3/c1-20(2)14-15-9-11-21(12-10-15)17-8-7-16-5-3-4-6-18(16)19-13-17/h3-6,15,17,19H,7-14H2,1-2H3. The molecule has 2 aliphatic rings. The van der Waals surface area contributed by atoms with Gasteiger partial charge in [-0.25, -0.2) is 0 Å². The number of likely N-dealkylation sites (tertiary alicyclic amines) is 1. The monoisotopic (exact) mass is 287 g/mol. The van der Waals surface area contributed by atoms with Crippen molar-refractivity contribution in [2.24, 2.45) is 5.92 Å². The zero-order valence-corrected chi connectivity index (χ0v) is 13.5. The molecular weight excluding hydrogens is 258 g/mol. The van der Waals surface area contributed by atoms with Crippen LogP contribution in [0.25, 0.3) is 0 Å². The third-order valence-corrected chi connectivity index (χ3v) is 5.08. The van der Waals surface area contributed by atoms with E-state index < -0.39 is 0 Å². The van der Waals surface area contributed by atoms with Gasteiger partial charge in [-0.15, -0.1) is 0 Å². The topological polar surface area (TPSA) is 18.5 Å². The van der Waals surface area contributed by atoms with Crippen molar-refractivity contribution in [1.82, 2.24) is 9.80 Å². The predicted octanol–water partition coefficient (Wildman–Crippen LogP) is 2.69. The van der Waals surface area contributed by atoms with Crippen molar-refractivity contribution in [2.75, 3.05) is 45.6 Å². The van der Waals surface area contributed by atoms with Crippen molar-refractivity contribution in [1.29, 1.82) is 0 Å². The Morgan fingerprint density at radius 1 is 1.14 bits per heavy atom. The van der Waals surface area contributed by atoms with E-state index in [1.165, 1.54) is 56.6 Å². The minimum Gasteiger partial charge on any atom is -0.383 e. The van der Waals surface area contributed by atoms with Gasteiger partial charge in [-0.2, -0.15) is 0 Å². The molecule has 1 fully saturated rings. The lowest BCUT2D eigenvalue weighted by Crippen LogP contribution is -2.45. The largest absolute Gasteiger partial charge is 0.383 e. The van der Waals surface area contributed by atoms with Gasteiger partial charge >= 0.3 is 0 Å². The molecule has 0 aromatic heterocycles. The number of aryl methyl sites for hydroxylation is 1. The summed E-state index contributed by atoms with van der Waals surface area (Å²) in [4.78, 5) is 5.06. The Balaban J connectivity index is 1.53. The van der Waals surface area contributed by atoms with Crippen molar-refractivity contribution < 1.29 is 0 Å². The number of hydrogen-bond donors (Lipinski definition) is 1. The highest BCUT2D eigenvalue weighted by Gasteiger charge is 2.26. The normalized spacial score (nSPS) is 24.4. The summed E-state index contributed by atoms with van der Waals surface area (Å²) in [5.74, 6) is 0.896. The molecule has 2 aliphatic heterocycles. The van der Waals surface area contributed by atoms with Crippen LogP contribution in [0.2, 0.25) is 0 Å². The van der Waals surface area contributed by atoms with Gasteiger partial charge in [-0.05, 0) is 70.4 Å². The maximum atomic E-state index is 3.67. The molecular formula is C18H29N3. The van der Waals surface area contributed by atoms with Crippen LogP contribution in [0.15, 0.2) is 24.3 Å². The molecule has 21 heavy (non-hydrogen) atoms. The summed E-state index contributed by atoms with van der Waals surface area (Å²) in [5.41, 5.74) is 2.84. The smallest absolute Gasteiger partial charge is 0.0373 e. The highest BCUT2D eigenvalue weighted by molar-refractivity contribution is 5.52. The summed E-state index contributed by atoms with van der Waals surface area (Å²) in [7, 11) is 4.39. The van der Waals surface area contributed by atoms with E-state index in [0.29, 0.717) is 6.04 Å². The van der Waals surface area contributed by atoms with Crippen LogP contribution >= 0.6 is 0 Å². The van der Waals surface area contributed by atoms with Crippen LogP contribution in [0.4, 0.5) is 5.69 Å². The second-order valence-electron chi connectivity index (χ2n) is 6.97. The van der Waals surface area contributed by atoms with Gasteiger partial charge in [0.05, 0.1) is 0 Å². The molecule has 3 nitrogen and oxygen atoms in total. The first kappa shape index (κ1) is 14.9. The Bertz CT molecular complexity index is 423. The number of para-hydroxylation sites is 1. The molecule has 3 heteroatoms. The molecule has 1 aromatic rings. The molecule has 1 atom stereocenters. The molecule has 3 rings (SSSR count). The number of nitrogens with one attached hydrogen (secondary N) is 1. The average Bonchev–Trinajstić information content (AvgIpc) is 2.70. The Morgan fingerprint density at radius 3 is 2.67 bits per heavy atom. The first-order valence-corrected chi connectivity index (χ1v) is 8.43. The fraction of sp³-hybridized carbons (Fsp3) is 0.667. The van der Waals surface area contributed by atoms with E-state index in [1.54, 1.807) is 0 Å². The quantitative estimate of drug-likeness (QED) is 0.922. The lowest BCUT2D eigenvalue weighted by Gasteiger charge is -2.38. The molecule has 0 spiro atoms. The fourth-order valence-electron chi connectivity index (χ4n) is 3.89. The third-order valence-electron chi connectivity index (χ3n) is 5.08. The molecule has 1 unspecified atom stereocenters. The van der Waals surface area contributed by atoms with Crippen molar-refractivity contribution in [2.45, 2.75) is 31.7 Å². The lowest BCUT2D eigenvalue weighted by atomic mass is 9.94. The Hall–Kier alpha value is -1.06. The molecule has 0 bridgehead atoms. The minimum absolute atomic E-state index is 0.706. The van der Waals surface area contributed by atoms with E-state index in [9.17, 15) is 0 Å². The van der Waals surface area contributed by atoms with Crippen LogP contribution in [-0.4, -0.2) is 56.1 Å². The second-order valence-corrected chi connectivity index (χ2v) is 6.97. The molecule has 0 radical (unpaired) electrons. The lowest BCUT2D eigenvalue weighted by molar-refractivity contribution is 0.120. The van der Waals surface area contributed by atoms with Crippen LogP contribution in [0.1, 0.15) is 24.8 Å². The summed E-state index contributed by atoms with van der Waals surface area (Å²) in [6, 6.07) is 9.50. The summed E-state index contributed by atoms with van der Waals surface area (Å²) < 4.78 is 0. The van der Waals surface area contributed by atoms with Crippen LogP contribution in [0.3, 0.4) is 0 Å². The van der Waals surface area contributed by atoms with Gasteiger partial charge in [0, 0.05) is 24.8 Å². The number of fused-ring (bicyclic) bond motifs is 1. The minimum atomic E-state index is 0.706. The molecule has 1 aromatic carbocycles. The maximum Gasteiger partial charge on any atom is 0.0373 e. The van der Waals surface area contributed by atoms with Gasteiger partial charge < -0.3 is 10.2 Å². The van der Waals surface area contributed by atoms with E-state index >= 15 is 0 Å². The summed E-state index contributed by atoms with van der Waals surface area (Å²) in [6.07, 6.45) is 5.23. The second kappa shape index (κ2) is 6.80. The van der Waals surface area contributed by atoms with Crippen LogP contribution in [0, 0.1) is 5.92 Å².